The van der Waals surface area contributed by atoms with E-state index in [1.165, 1.54) is 6.07 Å². The first-order chi connectivity index (χ1) is 9.93. The molecule has 2 rings (SSSR count). The van der Waals surface area contributed by atoms with Gasteiger partial charge in [0.25, 0.3) is 5.91 Å². The average molecular weight is 350 g/mol. The first kappa shape index (κ1) is 15.4. The van der Waals surface area contributed by atoms with Crippen LogP contribution in [0.5, 0.6) is 11.5 Å². The van der Waals surface area contributed by atoms with Crippen LogP contribution in [0.3, 0.4) is 0 Å². The maximum atomic E-state index is 12.6. The van der Waals surface area contributed by atoms with Gasteiger partial charge in [-0.1, -0.05) is 6.07 Å². The Bertz CT molecular complexity index is 685. The number of benzene rings is 2. The second-order valence-electron chi connectivity index (χ2n) is 4.69. The highest BCUT2D eigenvalue weighted by molar-refractivity contribution is 9.10. The van der Waals surface area contributed by atoms with Crippen molar-refractivity contribution in [3.8, 4) is 11.5 Å². The zero-order valence-electron chi connectivity index (χ0n) is 11.8. The Kier molecular flexibility index (Phi) is 4.53. The third-order valence-corrected chi connectivity index (χ3v) is 3.91. The van der Waals surface area contributed by atoms with Crippen molar-refractivity contribution in [2.45, 2.75) is 13.8 Å². The van der Waals surface area contributed by atoms with E-state index in [-0.39, 0.29) is 17.4 Å². The number of hydrogen-bond donors (Lipinski definition) is 2. The van der Waals surface area contributed by atoms with Gasteiger partial charge in [-0.2, -0.15) is 0 Å². The molecule has 0 aliphatic rings. The largest absolute Gasteiger partial charge is 0.508 e. The number of aryl methyl sites for hydroxylation is 1. The van der Waals surface area contributed by atoms with Crippen molar-refractivity contribution in [2.24, 2.45) is 0 Å². The Hall–Kier alpha value is -2.01. The SMILES string of the molecule is CCN(C(=O)c1ccc(Br)c(O)c1)c1cc(O)ccc1C. The molecule has 0 aromatic heterocycles. The minimum absolute atomic E-state index is 0.0181. The van der Waals surface area contributed by atoms with Gasteiger partial charge < -0.3 is 15.1 Å². The molecule has 0 spiro atoms. The fourth-order valence-corrected chi connectivity index (χ4v) is 2.36. The molecule has 5 heteroatoms. The smallest absolute Gasteiger partial charge is 0.258 e. The van der Waals surface area contributed by atoms with Crippen molar-refractivity contribution >= 4 is 27.5 Å². The lowest BCUT2D eigenvalue weighted by Gasteiger charge is -2.23. The number of carbonyl (C=O) groups is 1. The maximum absolute atomic E-state index is 12.6. The number of amides is 1. The number of phenols is 2. The fraction of sp³-hybridized carbons (Fsp3) is 0.188. The van der Waals surface area contributed by atoms with Crippen LogP contribution in [0.25, 0.3) is 0 Å². The van der Waals surface area contributed by atoms with Crippen molar-refractivity contribution in [1.29, 1.82) is 0 Å². The summed E-state index contributed by atoms with van der Waals surface area (Å²) in [4.78, 5) is 14.2. The van der Waals surface area contributed by atoms with Crippen molar-refractivity contribution < 1.29 is 15.0 Å². The summed E-state index contributed by atoms with van der Waals surface area (Å²) in [5.74, 6) is -0.0981. The number of rotatable bonds is 3. The maximum Gasteiger partial charge on any atom is 0.258 e. The molecule has 0 radical (unpaired) electrons. The summed E-state index contributed by atoms with van der Waals surface area (Å²) in [6, 6.07) is 9.61. The van der Waals surface area contributed by atoms with Crippen LogP contribution in [-0.4, -0.2) is 22.7 Å². The van der Waals surface area contributed by atoms with E-state index in [2.05, 4.69) is 15.9 Å². The number of carbonyl (C=O) groups excluding carboxylic acids is 1. The van der Waals surface area contributed by atoms with E-state index >= 15 is 0 Å². The van der Waals surface area contributed by atoms with Crippen LogP contribution in [0.2, 0.25) is 0 Å². The van der Waals surface area contributed by atoms with E-state index in [1.54, 1.807) is 35.2 Å². The van der Waals surface area contributed by atoms with Crippen LogP contribution in [-0.2, 0) is 0 Å². The first-order valence-electron chi connectivity index (χ1n) is 6.54. The summed E-state index contributed by atoms with van der Waals surface area (Å²) in [5.41, 5.74) is 1.94. The van der Waals surface area contributed by atoms with Crippen LogP contribution in [0.4, 0.5) is 5.69 Å². The minimum atomic E-state index is -0.228. The van der Waals surface area contributed by atoms with Crippen molar-refractivity contribution in [3.63, 3.8) is 0 Å². The lowest BCUT2D eigenvalue weighted by Crippen LogP contribution is -2.31. The Balaban J connectivity index is 2.43. The molecule has 0 atom stereocenters. The summed E-state index contributed by atoms with van der Waals surface area (Å²) in [6.07, 6.45) is 0. The average Bonchev–Trinajstić information content (AvgIpc) is 2.46. The highest BCUT2D eigenvalue weighted by Gasteiger charge is 2.19. The van der Waals surface area contributed by atoms with Gasteiger partial charge in [0.2, 0.25) is 0 Å². The molecule has 1 amide bonds. The van der Waals surface area contributed by atoms with Gasteiger partial charge in [0.15, 0.2) is 0 Å². The standard InChI is InChI=1S/C16H16BrNO3/c1-3-18(14-9-12(19)6-4-10(14)2)16(21)11-5-7-13(17)15(20)8-11/h4-9,19-20H,3H2,1-2H3. The minimum Gasteiger partial charge on any atom is -0.508 e. The van der Waals surface area contributed by atoms with E-state index in [9.17, 15) is 15.0 Å². The van der Waals surface area contributed by atoms with Crippen LogP contribution in [0.1, 0.15) is 22.8 Å². The Labute approximate surface area is 131 Å². The second kappa shape index (κ2) is 6.18. The van der Waals surface area contributed by atoms with E-state index in [4.69, 9.17) is 0 Å². The molecule has 2 aromatic rings. The van der Waals surface area contributed by atoms with Gasteiger partial charge >= 0.3 is 0 Å². The third-order valence-electron chi connectivity index (χ3n) is 3.24. The molecule has 0 aliphatic heterocycles. The summed E-state index contributed by atoms with van der Waals surface area (Å²) in [5, 5.41) is 19.3. The fourth-order valence-electron chi connectivity index (χ4n) is 2.11. The number of aromatic hydroxyl groups is 2. The second-order valence-corrected chi connectivity index (χ2v) is 5.54. The normalized spacial score (nSPS) is 10.4. The van der Waals surface area contributed by atoms with Crippen LogP contribution in [0.15, 0.2) is 40.9 Å². The van der Waals surface area contributed by atoms with E-state index < -0.39 is 0 Å². The summed E-state index contributed by atoms with van der Waals surface area (Å²) >= 11 is 3.19. The monoisotopic (exact) mass is 349 g/mol. The predicted octanol–water partition coefficient (Wildman–Crippen LogP) is 3.84. The van der Waals surface area contributed by atoms with Crippen molar-refractivity contribution in [2.75, 3.05) is 11.4 Å². The quantitative estimate of drug-likeness (QED) is 0.884. The number of phenolic OH excluding ortho intramolecular Hbond substituents is 2. The topological polar surface area (TPSA) is 60.8 Å². The molecule has 0 bridgehead atoms. The number of hydrogen-bond acceptors (Lipinski definition) is 3. The van der Waals surface area contributed by atoms with Crippen LogP contribution in [0, 0.1) is 6.92 Å². The highest BCUT2D eigenvalue weighted by Crippen LogP contribution is 2.28. The molecule has 0 aliphatic carbocycles. The van der Waals surface area contributed by atoms with Crippen LogP contribution < -0.4 is 4.90 Å². The van der Waals surface area contributed by atoms with Crippen LogP contribution >= 0.6 is 15.9 Å². The first-order valence-corrected chi connectivity index (χ1v) is 7.33. The van der Waals surface area contributed by atoms with E-state index in [0.29, 0.717) is 22.3 Å². The molecule has 4 nitrogen and oxygen atoms in total. The molecule has 110 valence electrons. The van der Waals surface area contributed by atoms with Gasteiger partial charge in [0, 0.05) is 18.2 Å². The molecule has 0 saturated carbocycles. The molecule has 0 saturated heterocycles. The molecular formula is C16H16BrNO3. The zero-order valence-corrected chi connectivity index (χ0v) is 13.4. The predicted molar refractivity (Wildman–Crippen MR) is 86.0 cm³/mol. The molecular weight excluding hydrogens is 334 g/mol. The lowest BCUT2D eigenvalue weighted by atomic mass is 10.1. The van der Waals surface area contributed by atoms with Gasteiger partial charge in [-0.25, -0.2) is 0 Å². The highest BCUT2D eigenvalue weighted by atomic mass is 79.9. The van der Waals surface area contributed by atoms with Gasteiger partial charge in [-0.05, 0) is 59.6 Å². The van der Waals surface area contributed by atoms with Gasteiger partial charge in [-0.15, -0.1) is 0 Å². The Morgan fingerprint density at radius 2 is 1.90 bits per heavy atom. The molecule has 0 fully saturated rings. The molecule has 2 N–H and O–H groups in total. The molecule has 21 heavy (non-hydrogen) atoms. The number of anilines is 1. The molecule has 0 heterocycles. The number of nitrogens with zero attached hydrogens (tertiary/aromatic N) is 1. The lowest BCUT2D eigenvalue weighted by molar-refractivity contribution is 0.0987. The Morgan fingerprint density at radius 3 is 2.52 bits per heavy atom. The van der Waals surface area contributed by atoms with Gasteiger partial charge in [0.05, 0.1) is 10.2 Å². The third kappa shape index (κ3) is 3.19. The molecule has 2 aromatic carbocycles. The number of halogens is 1. The summed E-state index contributed by atoms with van der Waals surface area (Å²) in [6.45, 7) is 4.20. The zero-order chi connectivity index (χ0) is 15.6. The van der Waals surface area contributed by atoms with Gasteiger partial charge in [0.1, 0.15) is 11.5 Å². The van der Waals surface area contributed by atoms with E-state index in [0.717, 1.165) is 5.56 Å². The Morgan fingerprint density at radius 1 is 1.19 bits per heavy atom. The van der Waals surface area contributed by atoms with E-state index in [1.807, 2.05) is 13.8 Å². The van der Waals surface area contributed by atoms with Gasteiger partial charge in [-0.3, -0.25) is 4.79 Å². The summed E-state index contributed by atoms with van der Waals surface area (Å²) in [7, 11) is 0. The summed E-state index contributed by atoms with van der Waals surface area (Å²) < 4.78 is 0.538. The van der Waals surface area contributed by atoms with Crippen molar-refractivity contribution in [1.82, 2.24) is 0 Å². The van der Waals surface area contributed by atoms with Crippen molar-refractivity contribution in [3.05, 3.63) is 52.0 Å². The molecule has 0 unspecified atom stereocenters.